The highest BCUT2D eigenvalue weighted by molar-refractivity contribution is 6.08. The predicted octanol–water partition coefficient (Wildman–Crippen LogP) is 1.59. The lowest BCUT2D eigenvalue weighted by Crippen LogP contribution is -2.32. The molecule has 0 radical (unpaired) electrons. The van der Waals surface area contributed by atoms with Gasteiger partial charge in [-0.2, -0.15) is 5.10 Å². The Bertz CT molecular complexity index is 928. The molecule has 0 unspecified atom stereocenters. The second-order valence-corrected chi connectivity index (χ2v) is 5.66. The number of ether oxygens (including phenoxy) is 1. The number of aromatic amines is 1. The van der Waals surface area contributed by atoms with Crippen LogP contribution in [0.4, 0.5) is 0 Å². The normalized spacial score (nSPS) is 12.6. The lowest BCUT2D eigenvalue weighted by molar-refractivity contribution is -0.123. The minimum Gasteiger partial charge on any atom is -0.385 e. The Morgan fingerprint density at radius 3 is 2.96 bits per heavy atom. The van der Waals surface area contributed by atoms with E-state index in [0.717, 1.165) is 22.7 Å². The molecule has 0 aliphatic heterocycles. The van der Waals surface area contributed by atoms with Crippen LogP contribution in [0.3, 0.4) is 0 Å². The maximum absolute atomic E-state index is 12.5. The molecule has 24 heavy (non-hydrogen) atoms. The van der Waals surface area contributed by atoms with Gasteiger partial charge in [0.05, 0.1) is 11.7 Å². The van der Waals surface area contributed by atoms with E-state index in [9.17, 15) is 9.59 Å². The van der Waals surface area contributed by atoms with Gasteiger partial charge in [-0.05, 0) is 19.4 Å². The Morgan fingerprint density at radius 1 is 1.38 bits per heavy atom. The third-order valence-electron chi connectivity index (χ3n) is 4.12. The van der Waals surface area contributed by atoms with Crippen molar-refractivity contribution in [2.75, 3.05) is 20.3 Å². The molecule has 7 heteroatoms. The van der Waals surface area contributed by atoms with Crippen molar-refractivity contribution in [3.63, 3.8) is 0 Å². The van der Waals surface area contributed by atoms with Crippen LogP contribution in [0.2, 0.25) is 0 Å². The van der Waals surface area contributed by atoms with Crippen molar-refractivity contribution in [1.29, 1.82) is 0 Å². The van der Waals surface area contributed by atoms with Crippen LogP contribution in [0.15, 0.2) is 35.3 Å². The van der Waals surface area contributed by atoms with Gasteiger partial charge in [0.25, 0.3) is 5.56 Å². The zero-order valence-electron chi connectivity index (χ0n) is 13.7. The summed E-state index contributed by atoms with van der Waals surface area (Å²) in [6.07, 6.45) is 2.37. The average Bonchev–Trinajstić information content (AvgIpc) is 2.94. The molecule has 126 valence electrons. The molecule has 2 heterocycles. The Labute approximate surface area is 138 Å². The van der Waals surface area contributed by atoms with Gasteiger partial charge in [-0.15, -0.1) is 0 Å². The fourth-order valence-electron chi connectivity index (χ4n) is 2.96. The molecule has 0 saturated heterocycles. The molecule has 1 atom stereocenters. The van der Waals surface area contributed by atoms with Crippen LogP contribution in [0.1, 0.15) is 19.4 Å². The fraction of sp³-hybridized carbons (Fsp3) is 0.353. The number of nitrogens with one attached hydrogen (secondary N) is 2. The van der Waals surface area contributed by atoms with Gasteiger partial charge in [0, 0.05) is 31.0 Å². The Kier molecular flexibility index (Phi) is 4.61. The van der Waals surface area contributed by atoms with Crippen LogP contribution in [0, 0.1) is 0 Å². The first-order chi connectivity index (χ1) is 11.6. The lowest BCUT2D eigenvalue weighted by atomic mass is 10.2. The van der Waals surface area contributed by atoms with Crippen molar-refractivity contribution >= 4 is 27.7 Å². The van der Waals surface area contributed by atoms with E-state index in [2.05, 4.69) is 15.5 Å². The van der Waals surface area contributed by atoms with Gasteiger partial charge in [-0.3, -0.25) is 9.59 Å². The molecule has 1 amide bonds. The minimum absolute atomic E-state index is 0.134. The Balaban J connectivity index is 2.04. The van der Waals surface area contributed by atoms with Gasteiger partial charge < -0.3 is 14.6 Å². The average molecular weight is 328 g/mol. The highest BCUT2D eigenvalue weighted by Gasteiger charge is 2.22. The van der Waals surface area contributed by atoms with E-state index in [-0.39, 0.29) is 11.5 Å². The summed E-state index contributed by atoms with van der Waals surface area (Å²) in [6, 6.07) is 7.12. The van der Waals surface area contributed by atoms with Gasteiger partial charge >= 0.3 is 0 Å². The minimum atomic E-state index is -0.515. The maximum atomic E-state index is 12.5. The number of rotatable bonds is 6. The SMILES string of the molecule is COCCCNC(=O)[C@H](C)n1c2ccccc2c2cn[nH]c(=O)c21. The first-order valence-corrected chi connectivity index (χ1v) is 7.88. The number of amides is 1. The van der Waals surface area contributed by atoms with E-state index in [0.29, 0.717) is 18.7 Å². The number of nitrogens with zero attached hydrogens (tertiary/aromatic N) is 2. The first-order valence-electron chi connectivity index (χ1n) is 7.88. The fourth-order valence-corrected chi connectivity index (χ4v) is 2.96. The zero-order chi connectivity index (χ0) is 17.1. The van der Waals surface area contributed by atoms with Gasteiger partial charge in [-0.1, -0.05) is 18.2 Å². The second kappa shape index (κ2) is 6.84. The number of fused-ring (bicyclic) bond motifs is 3. The summed E-state index contributed by atoms with van der Waals surface area (Å²) in [7, 11) is 1.63. The number of carbonyl (C=O) groups excluding carboxylic acids is 1. The van der Waals surface area contributed by atoms with E-state index in [1.807, 2.05) is 24.3 Å². The standard InChI is InChI=1S/C17H20N4O3/c1-11(16(22)18-8-5-9-24-2)21-14-7-4-3-6-12(14)13-10-19-20-17(23)15(13)21/h3-4,6-7,10-11H,5,8-9H2,1-2H3,(H,18,22)(H,20,23)/t11-/m0/s1. The Morgan fingerprint density at radius 2 is 2.17 bits per heavy atom. The van der Waals surface area contributed by atoms with E-state index >= 15 is 0 Å². The van der Waals surface area contributed by atoms with Crippen LogP contribution in [-0.4, -0.2) is 40.9 Å². The number of benzene rings is 1. The van der Waals surface area contributed by atoms with E-state index in [1.54, 1.807) is 24.8 Å². The van der Waals surface area contributed by atoms with E-state index < -0.39 is 6.04 Å². The first kappa shape index (κ1) is 16.2. The van der Waals surface area contributed by atoms with Gasteiger partial charge in [0.1, 0.15) is 11.6 Å². The summed E-state index contributed by atoms with van der Waals surface area (Å²) < 4.78 is 6.75. The second-order valence-electron chi connectivity index (χ2n) is 5.66. The molecule has 2 aromatic heterocycles. The Hall–Kier alpha value is -2.67. The topological polar surface area (TPSA) is 89.0 Å². The molecule has 0 saturated carbocycles. The van der Waals surface area contributed by atoms with Crippen LogP contribution < -0.4 is 10.9 Å². The maximum Gasteiger partial charge on any atom is 0.288 e. The number of hydrogen-bond donors (Lipinski definition) is 2. The van der Waals surface area contributed by atoms with Crippen LogP contribution in [-0.2, 0) is 9.53 Å². The summed E-state index contributed by atoms with van der Waals surface area (Å²) >= 11 is 0. The molecule has 0 bridgehead atoms. The van der Waals surface area contributed by atoms with Crippen LogP contribution in [0.5, 0.6) is 0 Å². The molecule has 0 fully saturated rings. The van der Waals surface area contributed by atoms with E-state index in [1.165, 1.54) is 0 Å². The van der Waals surface area contributed by atoms with Gasteiger partial charge in [0.15, 0.2) is 0 Å². The van der Waals surface area contributed by atoms with Crippen molar-refractivity contribution in [3.8, 4) is 0 Å². The number of methoxy groups -OCH3 is 1. The quantitative estimate of drug-likeness (QED) is 0.673. The summed E-state index contributed by atoms with van der Waals surface area (Å²) in [5.74, 6) is -0.134. The number of carbonyl (C=O) groups is 1. The summed E-state index contributed by atoms with van der Waals surface area (Å²) in [4.78, 5) is 24.8. The van der Waals surface area contributed by atoms with Crippen molar-refractivity contribution in [3.05, 3.63) is 40.8 Å². The molecule has 7 nitrogen and oxygen atoms in total. The number of H-pyrrole nitrogens is 1. The third-order valence-corrected chi connectivity index (χ3v) is 4.12. The molecule has 0 aliphatic rings. The highest BCUT2D eigenvalue weighted by Crippen LogP contribution is 2.29. The third kappa shape index (κ3) is 2.78. The summed E-state index contributed by atoms with van der Waals surface area (Å²) in [5.41, 5.74) is 0.999. The van der Waals surface area contributed by atoms with Crippen LogP contribution >= 0.6 is 0 Å². The smallest absolute Gasteiger partial charge is 0.288 e. The molecular weight excluding hydrogens is 308 g/mol. The molecule has 0 spiro atoms. The molecular formula is C17H20N4O3. The lowest BCUT2D eigenvalue weighted by Gasteiger charge is -2.16. The summed E-state index contributed by atoms with van der Waals surface area (Å²) in [6.45, 7) is 2.92. The molecule has 3 rings (SSSR count). The predicted molar refractivity (Wildman–Crippen MR) is 92.1 cm³/mol. The van der Waals surface area contributed by atoms with Crippen molar-refractivity contribution in [2.45, 2.75) is 19.4 Å². The number of para-hydroxylation sites is 1. The molecule has 0 aliphatic carbocycles. The van der Waals surface area contributed by atoms with E-state index in [4.69, 9.17) is 4.74 Å². The monoisotopic (exact) mass is 328 g/mol. The number of hydrogen-bond acceptors (Lipinski definition) is 4. The summed E-state index contributed by atoms with van der Waals surface area (Å²) in [5, 5.41) is 10.9. The van der Waals surface area contributed by atoms with Gasteiger partial charge in [-0.25, -0.2) is 5.10 Å². The van der Waals surface area contributed by atoms with Gasteiger partial charge in [0.2, 0.25) is 5.91 Å². The van der Waals surface area contributed by atoms with Crippen molar-refractivity contribution in [1.82, 2.24) is 20.1 Å². The van der Waals surface area contributed by atoms with Crippen molar-refractivity contribution in [2.24, 2.45) is 0 Å². The zero-order valence-corrected chi connectivity index (χ0v) is 13.7. The molecule has 2 N–H and O–H groups in total. The van der Waals surface area contributed by atoms with Crippen molar-refractivity contribution < 1.29 is 9.53 Å². The molecule has 3 aromatic rings. The highest BCUT2D eigenvalue weighted by atomic mass is 16.5. The molecule has 1 aromatic carbocycles. The largest absolute Gasteiger partial charge is 0.385 e. The van der Waals surface area contributed by atoms with Crippen LogP contribution in [0.25, 0.3) is 21.8 Å². The number of aromatic nitrogens is 3.